The van der Waals surface area contributed by atoms with Crippen molar-refractivity contribution in [2.24, 2.45) is 0 Å². The van der Waals surface area contributed by atoms with E-state index >= 15 is 0 Å². The zero-order valence-electron chi connectivity index (χ0n) is 16.0. The van der Waals surface area contributed by atoms with Gasteiger partial charge in [0.1, 0.15) is 0 Å². The molecule has 6 heteroatoms. The topological polar surface area (TPSA) is 66.5 Å². The first kappa shape index (κ1) is 20.7. The van der Waals surface area contributed by atoms with E-state index in [1.807, 2.05) is 31.2 Å². The van der Waals surface area contributed by atoms with Crippen molar-refractivity contribution in [3.8, 4) is 0 Å². The number of sulfonamides is 1. The number of carbonyl (C=O) groups is 1. The summed E-state index contributed by atoms with van der Waals surface area (Å²) in [6, 6.07) is 7.72. The van der Waals surface area contributed by atoms with Gasteiger partial charge in [0.05, 0.1) is 11.9 Å². The molecule has 1 aliphatic rings. The average Bonchev–Trinajstić information content (AvgIpc) is 2.54. The summed E-state index contributed by atoms with van der Waals surface area (Å²) < 4.78 is 25.8. The molecule has 0 heterocycles. The lowest BCUT2D eigenvalue weighted by Gasteiger charge is -2.24. The third-order valence-corrected chi connectivity index (χ3v) is 6.20. The number of rotatable bonds is 7. The number of hydrogen-bond donors (Lipinski definition) is 1. The summed E-state index contributed by atoms with van der Waals surface area (Å²) in [7, 11) is -3.37. The Balaban J connectivity index is 1.87. The Morgan fingerprint density at radius 3 is 2.35 bits per heavy atom. The largest absolute Gasteiger partial charge is 0.353 e. The van der Waals surface area contributed by atoms with Crippen LogP contribution in [0.15, 0.2) is 24.3 Å². The Labute approximate surface area is 158 Å². The molecule has 1 N–H and O–H groups in total. The van der Waals surface area contributed by atoms with Gasteiger partial charge in [0.2, 0.25) is 15.9 Å². The quantitative estimate of drug-likeness (QED) is 0.783. The van der Waals surface area contributed by atoms with Gasteiger partial charge in [0, 0.05) is 19.0 Å². The maximum absolute atomic E-state index is 12.3. The van der Waals surface area contributed by atoms with Crippen LogP contribution in [0, 0.1) is 6.92 Å². The van der Waals surface area contributed by atoms with E-state index in [1.165, 1.54) is 42.7 Å². The van der Waals surface area contributed by atoms with Gasteiger partial charge < -0.3 is 5.32 Å². The van der Waals surface area contributed by atoms with Crippen LogP contribution in [0.3, 0.4) is 0 Å². The highest BCUT2D eigenvalue weighted by atomic mass is 32.2. The van der Waals surface area contributed by atoms with Crippen molar-refractivity contribution in [2.75, 3.05) is 17.1 Å². The second-order valence-electron chi connectivity index (χ2n) is 7.33. The zero-order chi connectivity index (χ0) is 19.0. The molecule has 0 spiro atoms. The number of amides is 1. The molecule has 1 aromatic carbocycles. The van der Waals surface area contributed by atoms with Crippen molar-refractivity contribution in [1.29, 1.82) is 0 Å². The highest BCUT2D eigenvalue weighted by Gasteiger charge is 2.19. The van der Waals surface area contributed by atoms with E-state index in [0.29, 0.717) is 25.1 Å². The minimum Gasteiger partial charge on any atom is -0.353 e. The maximum atomic E-state index is 12.3. The minimum absolute atomic E-state index is 0.0359. The van der Waals surface area contributed by atoms with Crippen LogP contribution in [0.25, 0.3) is 0 Å². The first-order chi connectivity index (χ1) is 12.4. The standard InChI is InChI=1S/C20H32N2O3S/c1-17-11-8-9-14-19(17)22(26(2,24)25)16-10-15-20(23)21-18-12-6-4-3-5-7-13-18/h8-9,11,14,18H,3-7,10,12-13,15-16H2,1-2H3,(H,21,23). The molecule has 5 nitrogen and oxygen atoms in total. The Morgan fingerprint density at radius 1 is 1.12 bits per heavy atom. The van der Waals surface area contributed by atoms with Crippen molar-refractivity contribution in [3.05, 3.63) is 29.8 Å². The Morgan fingerprint density at radius 2 is 1.73 bits per heavy atom. The lowest BCUT2D eigenvalue weighted by atomic mass is 9.96. The molecule has 0 radical (unpaired) electrons. The van der Waals surface area contributed by atoms with Crippen LogP contribution in [0.2, 0.25) is 0 Å². The zero-order valence-corrected chi connectivity index (χ0v) is 16.9. The van der Waals surface area contributed by atoms with Gasteiger partial charge in [-0.15, -0.1) is 0 Å². The third-order valence-electron chi connectivity index (χ3n) is 5.02. The molecule has 2 rings (SSSR count). The maximum Gasteiger partial charge on any atom is 0.232 e. The molecule has 1 aliphatic carbocycles. The summed E-state index contributed by atoms with van der Waals surface area (Å²) in [6.07, 6.45) is 10.4. The number of nitrogens with zero attached hydrogens (tertiary/aromatic N) is 1. The first-order valence-electron chi connectivity index (χ1n) is 9.70. The van der Waals surface area contributed by atoms with Gasteiger partial charge in [-0.05, 0) is 37.8 Å². The van der Waals surface area contributed by atoms with E-state index in [4.69, 9.17) is 0 Å². The molecule has 26 heavy (non-hydrogen) atoms. The second-order valence-corrected chi connectivity index (χ2v) is 9.24. The van der Waals surface area contributed by atoms with Crippen LogP contribution in [-0.4, -0.2) is 33.2 Å². The molecule has 1 saturated carbocycles. The Hall–Kier alpha value is -1.56. The average molecular weight is 381 g/mol. The van der Waals surface area contributed by atoms with Gasteiger partial charge in [-0.2, -0.15) is 0 Å². The summed E-state index contributed by atoms with van der Waals surface area (Å²) in [5.41, 5.74) is 1.60. The number of anilines is 1. The Bertz CT molecular complexity index is 680. The highest BCUT2D eigenvalue weighted by Crippen LogP contribution is 2.22. The van der Waals surface area contributed by atoms with E-state index in [2.05, 4.69) is 5.32 Å². The van der Waals surface area contributed by atoms with E-state index in [0.717, 1.165) is 18.4 Å². The summed E-state index contributed by atoms with van der Waals surface area (Å²) in [5.74, 6) is 0.0359. The van der Waals surface area contributed by atoms with Gasteiger partial charge in [-0.1, -0.05) is 50.3 Å². The minimum atomic E-state index is -3.37. The van der Waals surface area contributed by atoms with Crippen LogP contribution in [0.5, 0.6) is 0 Å². The molecule has 0 aromatic heterocycles. The van der Waals surface area contributed by atoms with Crippen LogP contribution in [-0.2, 0) is 14.8 Å². The van der Waals surface area contributed by atoms with E-state index in [-0.39, 0.29) is 11.9 Å². The molecule has 0 saturated heterocycles. The summed E-state index contributed by atoms with van der Waals surface area (Å²) in [5, 5.41) is 3.14. The number of nitrogens with one attached hydrogen (secondary N) is 1. The Kier molecular flexibility index (Phi) is 7.94. The molecule has 146 valence electrons. The van der Waals surface area contributed by atoms with Gasteiger partial charge in [-0.25, -0.2) is 8.42 Å². The molecule has 1 fully saturated rings. The normalized spacial score (nSPS) is 16.5. The molecule has 0 bridgehead atoms. The predicted molar refractivity (Wildman–Crippen MR) is 107 cm³/mol. The summed E-state index contributed by atoms with van der Waals surface area (Å²) in [4.78, 5) is 12.3. The monoisotopic (exact) mass is 380 g/mol. The molecule has 0 unspecified atom stereocenters. The van der Waals surface area contributed by atoms with Crippen LogP contribution in [0.1, 0.15) is 63.4 Å². The smallest absolute Gasteiger partial charge is 0.232 e. The van der Waals surface area contributed by atoms with E-state index in [9.17, 15) is 13.2 Å². The van der Waals surface area contributed by atoms with Crippen molar-refractivity contribution in [1.82, 2.24) is 5.32 Å². The van der Waals surface area contributed by atoms with E-state index in [1.54, 1.807) is 0 Å². The van der Waals surface area contributed by atoms with Crippen molar-refractivity contribution >= 4 is 21.6 Å². The highest BCUT2D eigenvalue weighted by molar-refractivity contribution is 7.92. The SMILES string of the molecule is Cc1ccccc1N(CCCC(=O)NC1CCCCCCC1)S(C)(=O)=O. The van der Waals surface area contributed by atoms with Gasteiger partial charge in [0.15, 0.2) is 0 Å². The number of hydrogen-bond acceptors (Lipinski definition) is 3. The molecule has 0 aliphatic heterocycles. The van der Waals surface area contributed by atoms with Crippen molar-refractivity contribution < 1.29 is 13.2 Å². The van der Waals surface area contributed by atoms with Crippen LogP contribution < -0.4 is 9.62 Å². The lowest BCUT2D eigenvalue weighted by molar-refractivity contribution is -0.122. The summed E-state index contributed by atoms with van der Waals surface area (Å²) in [6.45, 7) is 2.22. The second kappa shape index (κ2) is 9.95. The fourth-order valence-corrected chi connectivity index (χ4v) is 4.61. The molecule has 0 atom stereocenters. The molecular formula is C20H32N2O3S. The van der Waals surface area contributed by atoms with Crippen molar-refractivity contribution in [2.45, 2.75) is 70.8 Å². The fourth-order valence-electron chi connectivity index (χ4n) is 3.59. The van der Waals surface area contributed by atoms with Gasteiger partial charge >= 0.3 is 0 Å². The first-order valence-corrected chi connectivity index (χ1v) is 11.6. The van der Waals surface area contributed by atoms with Gasteiger partial charge in [-0.3, -0.25) is 9.10 Å². The van der Waals surface area contributed by atoms with Crippen LogP contribution in [0.4, 0.5) is 5.69 Å². The van der Waals surface area contributed by atoms with E-state index < -0.39 is 10.0 Å². The number of para-hydroxylation sites is 1. The number of carbonyl (C=O) groups excluding carboxylic acids is 1. The number of benzene rings is 1. The fraction of sp³-hybridized carbons (Fsp3) is 0.650. The summed E-state index contributed by atoms with van der Waals surface area (Å²) >= 11 is 0. The third kappa shape index (κ3) is 6.63. The van der Waals surface area contributed by atoms with Gasteiger partial charge in [0.25, 0.3) is 0 Å². The predicted octanol–water partition coefficient (Wildman–Crippen LogP) is 3.77. The molecular weight excluding hydrogens is 348 g/mol. The molecule has 1 amide bonds. The van der Waals surface area contributed by atoms with Crippen LogP contribution >= 0.6 is 0 Å². The number of aryl methyl sites for hydroxylation is 1. The van der Waals surface area contributed by atoms with Crippen molar-refractivity contribution in [3.63, 3.8) is 0 Å². The molecule has 1 aromatic rings. The lowest BCUT2D eigenvalue weighted by Crippen LogP contribution is -2.36.